The van der Waals surface area contributed by atoms with Gasteiger partial charge in [-0.15, -0.1) is 0 Å². The number of alkyl halides is 3. The molecular formula is C28H25F3N4O4. The normalized spacial score (nSPS) is 11.7. The van der Waals surface area contributed by atoms with Gasteiger partial charge in [-0.2, -0.15) is 13.2 Å². The molecule has 0 spiro atoms. The monoisotopic (exact) mass is 538 g/mol. The molecule has 4 rings (SSSR count). The first kappa shape index (κ1) is 27.2. The van der Waals surface area contributed by atoms with Gasteiger partial charge in [0.15, 0.2) is 0 Å². The first-order valence-corrected chi connectivity index (χ1v) is 11.9. The van der Waals surface area contributed by atoms with Gasteiger partial charge in [0.25, 0.3) is 11.8 Å². The highest BCUT2D eigenvalue weighted by molar-refractivity contribution is 6.05. The number of nitrogens with zero attached hydrogens (tertiary/aromatic N) is 2. The lowest BCUT2D eigenvalue weighted by atomic mass is 10.1. The fraction of sp³-hybridized carbons (Fsp3) is 0.179. The number of furan rings is 1. The Morgan fingerprint density at radius 2 is 1.90 bits per heavy atom. The van der Waals surface area contributed by atoms with Crippen molar-refractivity contribution in [2.75, 3.05) is 13.7 Å². The third-order valence-electron chi connectivity index (χ3n) is 5.67. The van der Waals surface area contributed by atoms with Crippen LogP contribution in [0.3, 0.4) is 0 Å². The molecule has 0 saturated carbocycles. The van der Waals surface area contributed by atoms with E-state index in [9.17, 15) is 22.8 Å². The molecule has 0 aliphatic heterocycles. The number of ether oxygens (including phenoxy) is 1. The highest BCUT2D eigenvalue weighted by atomic mass is 19.4. The van der Waals surface area contributed by atoms with E-state index in [0.29, 0.717) is 30.8 Å². The summed E-state index contributed by atoms with van der Waals surface area (Å²) in [5.41, 5.74) is -0.393. The molecule has 2 aromatic carbocycles. The van der Waals surface area contributed by atoms with Crippen molar-refractivity contribution >= 4 is 17.9 Å². The number of carbonyl (C=O) groups is 2. The number of benzene rings is 2. The molecule has 2 amide bonds. The fourth-order valence-electron chi connectivity index (χ4n) is 3.65. The van der Waals surface area contributed by atoms with Crippen molar-refractivity contribution in [3.63, 3.8) is 0 Å². The van der Waals surface area contributed by atoms with Gasteiger partial charge in [-0.3, -0.25) is 9.59 Å². The maximum Gasteiger partial charge on any atom is 0.416 e. The molecule has 0 unspecified atom stereocenters. The summed E-state index contributed by atoms with van der Waals surface area (Å²) in [5.74, 6) is -0.188. The van der Waals surface area contributed by atoms with Gasteiger partial charge in [-0.1, -0.05) is 12.1 Å². The third-order valence-corrected chi connectivity index (χ3v) is 5.67. The highest BCUT2D eigenvalue weighted by Crippen LogP contribution is 2.32. The zero-order valence-corrected chi connectivity index (χ0v) is 20.9. The number of halogens is 3. The summed E-state index contributed by atoms with van der Waals surface area (Å²) in [6, 6.07) is 14.0. The topological polar surface area (TPSA) is 98.4 Å². The number of amides is 2. The van der Waals surface area contributed by atoms with Gasteiger partial charge < -0.3 is 24.4 Å². The first-order chi connectivity index (χ1) is 18.7. The number of aryl methyl sites for hydroxylation is 1. The zero-order chi connectivity index (χ0) is 27.8. The lowest BCUT2D eigenvalue weighted by Crippen LogP contribution is -2.35. The van der Waals surface area contributed by atoms with Crippen LogP contribution in [-0.2, 0) is 17.5 Å². The molecule has 0 aliphatic carbocycles. The van der Waals surface area contributed by atoms with Gasteiger partial charge in [0.2, 0.25) is 0 Å². The van der Waals surface area contributed by atoms with E-state index >= 15 is 0 Å². The summed E-state index contributed by atoms with van der Waals surface area (Å²) in [7, 11) is 1.50. The second-order valence-electron chi connectivity index (χ2n) is 8.43. The number of methoxy groups -OCH3 is 1. The van der Waals surface area contributed by atoms with Gasteiger partial charge in [-0.05, 0) is 55.0 Å². The summed E-state index contributed by atoms with van der Waals surface area (Å²) in [5, 5.41) is 5.36. The number of hydrogen-bond acceptors (Lipinski definition) is 5. The Morgan fingerprint density at radius 1 is 1.10 bits per heavy atom. The third kappa shape index (κ3) is 7.37. The van der Waals surface area contributed by atoms with Gasteiger partial charge >= 0.3 is 6.18 Å². The van der Waals surface area contributed by atoms with Crippen LogP contribution in [0.25, 0.3) is 17.4 Å². The molecular weight excluding hydrogens is 513 g/mol. The Kier molecular flexibility index (Phi) is 8.50. The van der Waals surface area contributed by atoms with Crippen molar-refractivity contribution in [2.45, 2.75) is 19.1 Å². The lowest BCUT2D eigenvalue weighted by molar-refractivity contribution is -0.137. The molecule has 4 aromatic rings. The lowest BCUT2D eigenvalue weighted by Gasteiger charge is -2.11. The summed E-state index contributed by atoms with van der Waals surface area (Å²) < 4.78 is 52.1. The first-order valence-electron chi connectivity index (χ1n) is 11.9. The van der Waals surface area contributed by atoms with Crippen LogP contribution in [0.4, 0.5) is 13.2 Å². The molecule has 0 saturated heterocycles. The second-order valence-corrected chi connectivity index (χ2v) is 8.43. The predicted molar refractivity (Wildman–Crippen MR) is 137 cm³/mol. The van der Waals surface area contributed by atoms with Gasteiger partial charge in [0.05, 0.1) is 19.0 Å². The van der Waals surface area contributed by atoms with Crippen LogP contribution in [-0.4, -0.2) is 35.0 Å². The van der Waals surface area contributed by atoms with E-state index in [0.717, 1.165) is 12.1 Å². The Hall–Kier alpha value is -4.80. The van der Waals surface area contributed by atoms with Crippen LogP contribution in [0.1, 0.15) is 28.1 Å². The SMILES string of the molecule is COc1ccc(C(=O)NC(=Cc2ccc(-c3cccc(C(F)(F)F)c3)o2)C(=O)NCCCn2ccnc2)cc1. The number of nitrogens with one attached hydrogen (secondary N) is 2. The molecule has 2 heterocycles. The smallest absolute Gasteiger partial charge is 0.416 e. The minimum absolute atomic E-state index is 0.0941. The van der Waals surface area contributed by atoms with Crippen LogP contribution < -0.4 is 15.4 Å². The van der Waals surface area contributed by atoms with E-state index in [2.05, 4.69) is 15.6 Å². The fourth-order valence-corrected chi connectivity index (χ4v) is 3.65. The summed E-state index contributed by atoms with van der Waals surface area (Å²) >= 11 is 0. The maximum absolute atomic E-state index is 13.1. The van der Waals surface area contributed by atoms with Gasteiger partial charge in [0.1, 0.15) is 23.0 Å². The summed E-state index contributed by atoms with van der Waals surface area (Å²) in [6.45, 7) is 0.955. The van der Waals surface area contributed by atoms with Crippen LogP contribution in [0, 0.1) is 0 Å². The second kappa shape index (κ2) is 12.2. The Bertz CT molecular complexity index is 1440. The standard InChI is InChI=1S/C28H25F3N4O4/c1-38-22-8-6-19(7-9-22)26(36)34-24(27(37)33-12-3-14-35-15-13-32-18-35)17-23-10-11-25(39-23)20-4-2-5-21(16-20)28(29,30)31/h2,4-11,13,15-18H,3,12,14H2,1H3,(H,33,37)(H,34,36). The largest absolute Gasteiger partial charge is 0.497 e. The van der Waals surface area contributed by atoms with E-state index in [1.54, 1.807) is 43.0 Å². The van der Waals surface area contributed by atoms with E-state index in [4.69, 9.17) is 9.15 Å². The number of rotatable bonds is 10. The number of hydrogen-bond donors (Lipinski definition) is 2. The minimum atomic E-state index is -4.50. The number of imidazole rings is 1. The van der Waals surface area contributed by atoms with Crippen LogP contribution in [0.15, 0.2) is 89.5 Å². The molecule has 8 nitrogen and oxygen atoms in total. The molecule has 0 radical (unpaired) electrons. The Balaban J connectivity index is 1.53. The van der Waals surface area contributed by atoms with Crippen molar-refractivity contribution in [1.82, 2.24) is 20.2 Å². The number of carbonyl (C=O) groups excluding carboxylic acids is 2. The maximum atomic E-state index is 13.1. The predicted octanol–water partition coefficient (Wildman–Crippen LogP) is 5.15. The van der Waals surface area contributed by atoms with Crippen molar-refractivity contribution in [3.05, 3.63) is 102 Å². The average Bonchev–Trinajstić information content (AvgIpc) is 3.63. The molecule has 0 bridgehead atoms. The van der Waals surface area contributed by atoms with Crippen molar-refractivity contribution in [3.8, 4) is 17.1 Å². The molecule has 0 atom stereocenters. The molecule has 0 aliphatic rings. The summed E-state index contributed by atoms with van der Waals surface area (Å²) in [6.07, 6.45) is 2.57. The van der Waals surface area contributed by atoms with Gasteiger partial charge in [0, 0.05) is 42.7 Å². The molecule has 2 aromatic heterocycles. The molecule has 0 fully saturated rings. The van der Waals surface area contributed by atoms with E-state index in [1.807, 2.05) is 4.57 Å². The van der Waals surface area contributed by atoms with E-state index < -0.39 is 23.6 Å². The Morgan fingerprint density at radius 3 is 2.59 bits per heavy atom. The zero-order valence-electron chi connectivity index (χ0n) is 20.9. The van der Waals surface area contributed by atoms with Crippen LogP contribution >= 0.6 is 0 Å². The average molecular weight is 539 g/mol. The van der Waals surface area contributed by atoms with Crippen LogP contribution in [0.5, 0.6) is 5.75 Å². The molecule has 11 heteroatoms. The van der Waals surface area contributed by atoms with E-state index in [-0.39, 0.29) is 22.8 Å². The number of aromatic nitrogens is 2. The Labute approximate surface area is 222 Å². The quantitative estimate of drug-likeness (QED) is 0.215. The minimum Gasteiger partial charge on any atom is -0.497 e. The molecule has 2 N–H and O–H groups in total. The van der Waals surface area contributed by atoms with Crippen molar-refractivity contribution in [1.29, 1.82) is 0 Å². The van der Waals surface area contributed by atoms with Crippen molar-refractivity contribution in [2.24, 2.45) is 0 Å². The van der Waals surface area contributed by atoms with E-state index in [1.165, 1.54) is 37.5 Å². The molecule has 202 valence electrons. The van der Waals surface area contributed by atoms with Crippen LogP contribution in [0.2, 0.25) is 0 Å². The molecule has 39 heavy (non-hydrogen) atoms. The van der Waals surface area contributed by atoms with Crippen molar-refractivity contribution < 1.29 is 31.9 Å². The van der Waals surface area contributed by atoms with Gasteiger partial charge in [-0.25, -0.2) is 4.98 Å². The highest BCUT2D eigenvalue weighted by Gasteiger charge is 2.30. The summed E-state index contributed by atoms with van der Waals surface area (Å²) in [4.78, 5) is 29.8.